The minimum atomic E-state index is -0.411. The standard InChI is InChI=1S/C17H15FN2O/c18-14-6-2-4-8-16(14)21-17-13(9-10-19)11-12-5-1-3-7-15(12)20-17/h1-8,11H,9-10,19H2. The summed E-state index contributed by atoms with van der Waals surface area (Å²) in [6, 6.07) is 16.0. The normalized spacial score (nSPS) is 10.8. The van der Waals surface area contributed by atoms with Crippen LogP contribution in [0, 0.1) is 5.82 Å². The molecule has 106 valence electrons. The minimum absolute atomic E-state index is 0.165. The number of nitrogens with two attached hydrogens (primary N) is 1. The van der Waals surface area contributed by atoms with Crippen LogP contribution in [-0.4, -0.2) is 11.5 Å². The summed E-state index contributed by atoms with van der Waals surface area (Å²) >= 11 is 0. The Morgan fingerprint density at radius 3 is 2.62 bits per heavy atom. The highest BCUT2D eigenvalue weighted by Gasteiger charge is 2.11. The molecule has 0 fully saturated rings. The highest BCUT2D eigenvalue weighted by Crippen LogP contribution is 2.28. The van der Waals surface area contributed by atoms with Crippen molar-refractivity contribution in [2.24, 2.45) is 5.73 Å². The number of halogens is 1. The molecule has 0 bridgehead atoms. The van der Waals surface area contributed by atoms with Crippen LogP contribution in [-0.2, 0) is 6.42 Å². The summed E-state index contributed by atoms with van der Waals surface area (Å²) in [6.45, 7) is 0.480. The van der Waals surface area contributed by atoms with E-state index in [9.17, 15) is 4.39 Å². The third-order valence-electron chi connectivity index (χ3n) is 3.22. The van der Waals surface area contributed by atoms with Gasteiger partial charge in [-0.15, -0.1) is 0 Å². The Balaban J connectivity index is 2.07. The molecule has 3 aromatic rings. The molecule has 0 amide bonds. The van der Waals surface area contributed by atoms with Crippen LogP contribution in [0.2, 0.25) is 0 Å². The van der Waals surface area contributed by atoms with Gasteiger partial charge in [-0.05, 0) is 37.2 Å². The van der Waals surface area contributed by atoms with Crippen LogP contribution in [0.4, 0.5) is 4.39 Å². The van der Waals surface area contributed by atoms with Gasteiger partial charge in [0.05, 0.1) is 5.52 Å². The third kappa shape index (κ3) is 2.85. The molecule has 1 aromatic heterocycles. The van der Waals surface area contributed by atoms with Crippen molar-refractivity contribution in [3.63, 3.8) is 0 Å². The average molecular weight is 282 g/mol. The number of ether oxygens (including phenoxy) is 1. The van der Waals surface area contributed by atoms with Crippen molar-refractivity contribution in [1.82, 2.24) is 4.98 Å². The summed E-state index contributed by atoms with van der Waals surface area (Å²) in [7, 11) is 0. The van der Waals surface area contributed by atoms with Crippen molar-refractivity contribution in [3.8, 4) is 11.6 Å². The molecular formula is C17H15FN2O. The first-order chi connectivity index (χ1) is 10.3. The van der Waals surface area contributed by atoms with Crippen molar-refractivity contribution in [2.75, 3.05) is 6.54 Å². The Kier molecular flexibility index (Phi) is 3.79. The third-order valence-corrected chi connectivity index (χ3v) is 3.22. The molecule has 0 aliphatic carbocycles. The molecule has 2 N–H and O–H groups in total. The fourth-order valence-electron chi connectivity index (χ4n) is 2.20. The molecule has 0 atom stereocenters. The minimum Gasteiger partial charge on any atom is -0.436 e. The van der Waals surface area contributed by atoms with Crippen LogP contribution in [0.25, 0.3) is 10.9 Å². The number of para-hydroxylation sites is 2. The fraction of sp³-hybridized carbons (Fsp3) is 0.118. The van der Waals surface area contributed by atoms with E-state index in [1.807, 2.05) is 30.3 Å². The van der Waals surface area contributed by atoms with Crippen LogP contribution in [0.1, 0.15) is 5.56 Å². The second kappa shape index (κ2) is 5.89. The molecule has 3 nitrogen and oxygen atoms in total. The van der Waals surface area contributed by atoms with Gasteiger partial charge in [-0.2, -0.15) is 0 Å². The van der Waals surface area contributed by atoms with E-state index in [4.69, 9.17) is 10.5 Å². The molecule has 4 heteroatoms. The summed E-state index contributed by atoms with van der Waals surface area (Å²) < 4.78 is 19.4. The number of benzene rings is 2. The molecule has 0 spiro atoms. The molecule has 3 rings (SSSR count). The molecule has 21 heavy (non-hydrogen) atoms. The van der Waals surface area contributed by atoms with Gasteiger partial charge in [-0.3, -0.25) is 0 Å². The van der Waals surface area contributed by atoms with Crippen molar-refractivity contribution in [3.05, 3.63) is 66.0 Å². The van der Waals surface area contributed by atoms with E-state index < -0.39 is 5.82 Å². The van der Waals surface area contributed by atoms with Crippen molar-refractivity contribution < 1.29 is 9.13 Å². The summed E-state index contributed by atoms with van der Waals surface area (Å²) in [5.41, 5.74) is 7.32. The lowest BCUT2D eigenvalue weighted by Gasteiger charge is -2.11. The van der Waals surface area contributed by atoms with Crippen LogP contribution in [0.15, 0.2) is 54.6 Å². The first kappa shape index (κ1) is 13.5. The average Bonchev–Trinajstić information content (AvgIpc) is 2.50. The van der Waals surface area contributed by atoms with E-state index >= 15 is 0 Å². The second-order valence-electron chi connectivity index (χ2n) is 4.72. The van der Waals surface area contributed by atoms with E-state index in [1.54, 1.807) is 18.2 Å². The number of fused-ring (bicyclic) bond motifs is 1. The maximum absolute atomic E-state index is 13.7. The van der Waals surface area contributed by atoms with Gasteiger partial charge in [-0.25, -0.2) is 9.37 Å². The van der Waals surface area contributed by atoms with Crippen molar-refractivity contribution >= 4 is 10.9 Å². The number of nitrogens with zero attached hydrogens (tertiary/aromatic N) is 1. The SMILES string of the molecule is NCCc1cc2ccccc2nc1Oc1ccccc1F. The predicted octanol–water partition coefficient (Wildman–Crippen LogP) is 3.67. The number of pyridine rings is 1. The quantitative estimate of drug-likeness (QED) is 0.794. The summed E-state index contributed by atoms with van der Waals surface area (Å²) in [5, 5.41) is 1.02. The van der Waals surface area contributed by atoms with E-state index in [0.717, 1.165) is 16.5 Å². The smallest absolute Gasteiger partial charge is 0.223 e. The van der Waals surface area contributed by atoms with Crippen molar-refractivity contribution in [1.29, 1.82) is 0 Å². The highest BCUT2D eigenvalue weighted by atomic mass is 19.1. The Hall–Kier alpha value is -2.46. The van der Waals surface area contributed by atoms with Gasteiger partial charge in [0.15, 0.2) is 11.6 Å². The lowest BCUT2D eigenvalue weighted by Crippen LogP contribution is -2.05. The topological polar surface area (TPSA) is 48.1 Å². The maximum Gasteiger partial charge on any atom is 0.223 e. The van der Waals surface area contributed by atoms with E-state index in [0.29, 0.717) is 18.8 Å². The predicted molar refractivity (Wildman–Crippen MR) is 81.0 cm³/mol. The Bertz CT molecular complexity index is 774. The first-order valence-electron chi connectivity index (χ1n) is 6.79. The molecule has 0 radical (unpaired) electrons. The Morgan fingerprint density at radius 1 is 1.05 bits per heavy atom. The maximum atomic E-state index is 13.7. The Labute approximate surface area is 122 Å². The zero-order valence-corrected chi connectivity index (χ0v) is 11.4. The number of rotatable bonds is 4. The molecule has 0 saturated carbocycles. The largest absolute Gasteiger partial charge is 0.436 e. The van der Waals surface area contributed by atoms with Crippen LogP contribution in [0.3, 0.4) is 0 Å². The summed E-state index contributed by atoms with van der Waals surface area (Å²) in [5.74, 6) is 0.161. The van der Waals surface area contributed by atoms with Crippen molar-refractivity contribution in [2.45, 2.75) is 6.42 Å². The summed E-state index contributed by atoms with van der Waals surface area (Å²) in [4.78, 5) is 4.49. The highest BCUT2D eigenvalue weighted by molar-refractivity contribution is 5.80. The molecule has 0 saturated heterocycles. The van der Waals surface area contributed by atoms with Crippen LogP contribution < -0.4 is 10.5 Å². The molecule has 2 aromatic carbocycles. The monoisotopic (exact) mass is 282 g/mol. The van der Waals surface area contributed by atoms with Gasteiger partial charge in [-0.1, -0.05) is 30.3 Å². The molecule has 0 aliphatic heterocycles. The number of hydrogen-bond acceptors (Lipinski definition) is 3. The Morgan fingerprint density at radius 2 is 1.81 bits per heavy atom. The fourth-order valence-corrected chi connectivity index (χ4v) is 2.20. The van der Waals surface area contributed by atoms with E-state index in [-0.39, 0.29) is 5.75 Å². The first-order valence-corrected chi connectivity index (χ1v) is 6.79. The molecular weight excluding hydrogens is 267 g/mol. The lowest BCUT2D eigenvalue weighted by atomic mass is 10.1. The summed E-state index contributed by atoms with van der Waals surface area (Å²) in [6.07, 6.45) is 0.627. The van der Waals surface area contributed by atoms with Gasteiger partial charge < -0.3 is 10.5 Å². The van der Waals surface area contributed by atoms with Gasteiger partial charge in [0.1, 0.15) is 0 Å². The molecule has 0 unspecified atom stereocenters. The second-order valence-corrected chi connectivity index (χ2v) is 4.72. The van der Waals surface area contributed by atoms with Gasteiger partial charge >= 0.3 is 0 Å². The van der Waals surface area contributed by atoms with Gasteiger partial charge in [0.25, 0.3) is 0 Å². The zero-order valence-electron chi connectivity index (χ0n) is 11.4. The number of hydrogen-bond donors (Lipinski definition) is 1. The lowest BCUT2D eigenvalue weighted by molar-refractivity contribution is 0.424. The van der Waals surface area contributed by atoms with Gasteiger partial charge in [0, 0.05) is 10.9 Å². The van der Waals surface area contributed by atoms with Crippen LogP contribution in [0.5, 0.6) is 11.6 Å². The van der Waals surface area contributed by atoms with Gasteiger partial charge in [0.2, 0.25) is 5.88 Å². The zero-order chi connectivity index (χ0) is 14.7. The molecule has 0 aliphatic rings. The molecule has 1 heterocycles. The van der Waals surface area contributed by atoms with Crippen LogP contribution >= 0.6 is 0 Å². The van der Waals surface area contributed by atoms with E-state index in [1.165, 1.54) is 6.07 Å². The number of aromatic nitrogens is 1. The van der Waals surface area contributed by atoms with E-state index in [2.05, 4.69) is 4.98 Å².